The van der Waals surface area contributed by atoms with Crippen LogP contribution < -0.4 is 14.4 Å². The lowest BCUT2D eigenvalue weighted by atomic mass is 10.1. The smallest absolute Gasteiger partial charge is 0.163 e. The Kier molecular flexibility index (Phi) is 5.58. The first-order valence-electron chi connectivity index (χ1n) is 9.75. The predicted octanol–water partition coefficient (Wildman–Crippen LogP) is 3.24. The van der Waals surface area contributed by atoms with Gasteiger partial charge < -0.3 is 14.4 Å². The summed E-state index contributed by atoms with van der Waals surface area (Å²) in [5.74, 6) is 1.59. The van der Waals surface area contributed by atoms with Gasteiger partial charge in [-0.05, 0) is 43.3 Å². The molecule has 2 aromatic carbocycles. The van der Waals surface area contributed by atoms with E-state index in [9.17, 15) is 4.79 Å². The Bertz CT molecular complexity index is 770. The van der Waals surface area contributed by atoms with Crippen LogP contribution in [-0.2, 0) is 0 Å². The number of Topliss-reactive ketones (excluding diaryl/α,β-unsaturated/α-hetero) is 1. The molecule has 4 rings (SSSR count). The first-order chi connectivity index (χ1) is 13.3. The minimum atomic E-state index is 0.176. The first-order valence-corrected chi connectivity index (χ1v) is 9.75. The lowest BCUT2D eigenvalue weighted by Crippen LogP contribution is -2.46. The Morgan fingerprint density at radius 2 is 1.63 bits per heavy atom. The van der Waals surface area contributed by atoms with Crippen LogP contribution in [0.3, 0.4) is 0 Å². The van der Waals surface area contributed by atoms with Gasteiger partial charge in [-0.1, -0.05) is 18.2 Å². The van der Waals surface area contributed by atoms with Crippen LogP contribution in [0, 0.1) is 0 Å². The highest BCUT2D eigenvalue weighted by Crippen LogP contribution is 2.31. The van der Waals surface area contributed by atoms with Gasteiger partial charge in [0.1, 0.15) is 13.2 Å². The monoisotopic (exact) mass is 366 g/mol. The summed E-state index contributed by atoms with van der Waals surface area (Å²) < 4.78 is 11.1. The molecule has 0 atom stereocenters. The fraction of sp³-hybridized carbons (Fsp3) is 0.409. The molecule has 2 heterocycles. The molecule has 0 spiro atoms. The van der Waals surface area contributed by atoms with Crippen molar-refractivity contribution in [3.05, 3.63) is 54.1 Å². The lowest BCUT2D eigenvalue weighted by Gasteiger charge is -2.36. The highest BCUT2D eigenvalue weighted by Gasteiger charge is 2.18. The molecule has 2 aliphatic rings. The highest BCUT2D eigenvalue weighted by atomic mass is 16.6. The Labute approximate surface area is 160 Å². The number of hydrogen-bond acceptors (Lipinski definition) is 5. The molecule has 1 fully saturated rings. The Morgan fingerprint density at radius 3 is 2.41 bits per heavy atom. The van der Waals surface area contributed by atoms with Crippen LogP contribution in [0.4, 0.5) is 5.69 Å². The van der Waals surface area contributed by atoms with Gasteiger partial charge in [0.2, 0.25) is 0 Å². The Morgan fingerprint density at radius 1 is 0.889 bits per heavy atom. The fourth-order valence-corrected chi connectivity index (χ4v) is 3.69. The number of piperazine rings is 1. The molecule has 27 heavy (non-hydrogen) atoms. The molecule has 0 bridgehead atoms. The molecule has 2 aromatic rings. The summed E-state index contributed by atoms with van der Waals surface area (Å²) in [5, 5.41) is 0. The van der Waals surface area contributed by atoms with Gasteiger partial charge in [0.15, 0.2) is 17.3 Å². The van der Waals surface area contributed by atoms with Crippen molar-refractivity contribution >= 4 is 11.5 Å². The van der Waals surface area contributed by atoms with E-state index < -0.39 is 0 Å². The highest BCUT2D eigenvalue weighted by molar-refractivity contribution is 5.96. The van der Waals surface area contributed by atoms with E-state index in [2.05, 4.69) is 40.1 Å². The zero-order chi connectivity index (χ0) is 18.5. The molecule has 0 radical (unpaired) electrons. The summed E-state index contributed by atoms with van der Waals surface area (Å²) in [7, 11) is 0. The minimum absolute atomic E-state index is 0.176. The molecule has 5 heteroatoms. The molecule has 0 N–H and O–H groups in total. The number of nitrogens with zero attached hydrogens (tertiary/aromatic N) is 2. The number of rotatable bonds is 6. The normalized spacial score (nSPS) is 17.0. The van der Waals surface area contributed by atoms with Gasteiger partial charge in [0, 0.05) is 43.9 Å². The second kappa shape index (κ2) is 8.44. The maximum atomic E-state index is 12.5. The largest absolute Gasteiger partial charge is 0.486 e. The van der Waals surface area contributed by atoms with Crippen LogP contribution in [-0.4, -0.2) is 56.6 Å². The molecule has 0 unspecified atom stereocenters. The van der Waals surface area contributed by atoms with E-state index in [0.717, 1.165) is 44.9 Å². The number of benzene rings is 2. The molecule has 0 amide bonds. The standard InChI is InChI=1S/C22H26N2O3/c25-20(18-8-9-21-22(17-18)27-16-15-26-21)7-4-10-23-11-13-24(14-12-23)19-5-2-1-3-6-19/h1-3,5-6,8-9,17H,4,7,10-16H2. The third-order valence-corrected chi connectivity index (χ3v) is 5.24. The van der Waals surface area contributed by atoms with Crippen molar-refractivity contribution in [2.75, 3.05) is 50.8 Å². The second-order valence-corrected chi connectivity index (χ2v) is 7.05. The number of para-hydroxylation sites is 1. The molecule has 2 aliphatic heterocycles. The van der Waals surface area contributed by atoms with Gasteiger partial charge in [-0.2, -0.15) is 0 Å². The third-order valence-electron chi connectivity index (χ3n) is 5.24. The number of carbonyl (C=O) groups is 1. The number of ketones is 1. The number of hydrogen-bond donors (Lipinski definition) is 0. The number of carbonyl (C=O) groups excluding carboxylic acids is 1. The van der Waals surface area contributed by atoms with Gasteiger partial charge in [0.25, 0.3) is 0 Å². The molecule has 0 aromatic heterocycles. The van der Waals surface area contributed by atoms with E-state index in [0.29, 0.717) is 30.9 Å². The molecule has 1 saturated heterocycles. The van der Waals surface area contributed by atoms with Crippen molar-refractivity contribution in [1.29, 1.82) is 0 Å². The third kappa shape index (κ3) is 4.42. The zero-order valence-corrected chi connectivity index (χ0v) is 15.6. The van der Waals surface area contributed by atoms with Crippen molar-refractivity contribution in [2.24, 2.45) is 0 Å². The van der Waals surface area contributed by atoms with Crippen molar-refractivity contribution in [3.8, 4) is 11.5 Å². The Hall–Kier alpha value is -2.53. The van der Waals surface area contributed by atoms with E-state index in [1.54, 1.807) is 0 Å². The summed E-state index contributed by atoms with van der Waals surface area (Å²) in [4.78, 5) is 17.4. The Balaban J connectivity index is 1.22. The molecular formula is C22H26N2O3. The second-order valence-electron chi connectivity index (χ2n) is 7.05. The summed E-state index contributed by atoms with van der Waals surface area (Å²) in [5.41, 5.74) is 2.01. The van der Waals surface area contributed by atoms with Crippen LogP contribution in [0.15, 0.2) is 48.5 Å². The number of ether oxygens (including phenoxy) is 2. The van der Waals surface area contributed by atoms with Crippen LogP contribution >= 0.6 is 0 Å². The molecule has 5 nitrogen and oxygen atoms in total. The summed E-state index contributed by atoms with van der Waals surface area (Å²) in [6, 6.07) is 16.1. The number of anilines is 1. The maximum Gasteiger partial charge on any atom is 0.163 e. The summed E-state index contributed by atoms with van der Waals surface area (Å²) in [6.45, 7) is 6.26. The van der Waals surface area contributed by atoms with Crippen molar-refractivity contribution in [2.45, 2.75) is 12.8 Å². The predicted molar refractivity (Wildman–Crippen MR) is 106 cm³/mol. The first kappa shape index (κ1) is 17.9. The average Bonchev–Trinajstić information content (AvgIpc) is 2.74. The van der Waals surface area contributed by atoms with Crippen LogP contribution in [0.5, 0.6) is 11.5 Å². The number of fused-ring (bicyclic) bond motifs is 1. The quantitative estimate of drug-likeness (QED) is 0.734. The van der Waals surface area contributed by atoms with Crippen LogP contribution in [0.2, 0.25) is 0 Å². The van der Waals surface area contributed by atoms with E-state index in [1.807, 2.05) is 18.2 Å². The fourth-order valence-electron chi connectivity index (χ4n) is 3.69. The molecule has 0 aliphatic carbocycles. The SMILES string of the molecule is O=C(CCCN1CCN(c2ccccc2)CC1)c1ccc2c(c1)OCCO2. The van der Waals surface area contributed by atoms with E-state index in [4.69, 9.17) is 9.47 Å². The van der Waals surface area contributed by atoms with E-state index >= 15 is 0 Å². The van der Waals surface area contributed by atoms with Gasteiger partial charge in [-0.15, -0.1) is 0 Å². The average molecular weight is 366 g/mol. The molecule has 0 saturated carbocycles. The van der Waals surface area contributed by atoms with Crippen molar-refractivity contribution in [1.82, 2.24) is 4.90 Å². The zero-order valence-electron chi connectivity index (χ0n) is 15.6. The van der Waals surface area contributed by atoms with Gasteiger partial charge >= 0.3 is 0 Å². The topological polar surface area (TPSA) is 42.0 Å². The lowest BCUT2D eigenvalue weighted by molar-refractivity contribution is 0.0973. The van der Waals surface area contributed by atoms with Crippen LogP contribution in [0.25, 0.3) is 0 Å². The molecular weight excluding hydrogens is 340 g/mol. The van der Waals surface area contributed by atoms with Crippen LogP contribution in [0.1, 0.15) is 23.2 Å². The van der Waals surface area contributed by atoms with Crippen molar-refractivity contribution in [3.63, 3.8) is 0 Å². The minimum Gasteiger partial charge on any atom is -0.486 e. The van der Waals surface area contributed by atoms with Crippen molar-refractivity contribution < 1.29 is 14.3 Å². The summed E-state index contributed by atoms with van der Waals surface area (Å²) >= 11 is 0. The maximum absolute atomic E-state index is 12.5. The van der Waals surface area contributed by atoms with E-state index in [-0.39, 0.29) is 5.78 Å². The molecule has 142 valence electrons. The van der Waals surface area contributed by atoms with Gasteiger partial charge in [0.05, 0.1) is 0 Å². The van der Waals surface area contributed by atoms with Gasteiger partial charge in [-0.25, -0.2) is 0 Å². The van der Waals surface area contributed by atoms with E-state index in [1.165, 1.54) is 5.69 Å². The van der Waals surface area contributed by atoms with Gasteiger partial charge in [-0.3, -0.25) is 9.69 Å². The summed E-state index contributed by atoms with van der Waals surface area (Å²) in [6.07, 6.45) is 1.46.